The lowest BCUT2D eigenvalue weighted by atomic mass is 10.2. The Bertz CT molecular complexity index is 992. The number of imidazole rings is 1. The van der Waals surface area contributed by atoms with E-state index in [2.05, 4.69) is 20.2 Å². The number of para-hydroxylation sites is 1. The van der Waals surface area contributed by atoms with Crippen LogP contribution in [0, 0.1) is 0 Å². The average molecular weight is 352 g/mol. The molecule has 134 valence electrons. The molecule has 0 atom stereocenters. The number of hydrogen-bond donors (Lipinski definition) is 3. The van der Waals surface area contributed by atoms with E-state index in [0.717, 1.165) is 27.9 Å². The summed E-state index contributed by atoms with van der Waals surface area (Å²) in [4.78, 5) is 31.1. The van der Waals surface area contributed by atoms with Crippen molar-refractivity contribution in [2.75, 3.05) is 19.7 Å². The second-order valence-electron chi connectivity index (χ2n) is 6.40. The van der Waals surface area contributed by atoms with Gasteiger partial charge < -0.3 is 20.0 Å². The monoisotopic (exact) mass is 352 g/mol. The molecule has 3 N–H and O–H groups in total. The average Bonchev–Trinajstić information content (AvgIpc) is 2.87. The highest BCUT2D eigenvalue weighted by atomic mass is 16.5. The summed E-state index contributed by atoms with van der Waals surface area (Å²) in [7, 11) is 0. The molecule has 2 heterocycles. The number of nitrogens with one attached hydrogen (secondary N) is 3. The number of amides is 1. The van der Waals surface area contributed by atoms with Gasteiger partial charge >= 0.3 is 5.69 Å². The largest absolute Gasteiger partial charge is 0.492 e. The normalized spacial score (nSPS) is 14.5. The van der Waals surface area contributed by atoms with Crippen LogP contribution in [0.15, 0.2) is 47.3 Å². The number of nitrogens with zero attached hydrogens (tertiary/aromatic N) is 1. The molecule has 1 aromatic heterocycles. The van der Waals surface area contributed by atoms with Gasteiger partial charge in [-0.1, -0.05) is 24.3 Å². The molecule has 0 bridgehead atoms. The predicted octanol–water partition coefficient (Wildman–Crippen LogP) is 1.37. The van der Waals surface area contributed by atoms with Crippen molar-refractivity contribution in [3.05, 3.63) is 64.1 Å². The minimum absolute atomic E-state index is 0.0351. The zero-order valence-electron chi connectivity index (χ0n) is 14.2. The van der Waals surface area contributed by atoms with Crippen molar-refractivity contribution in [2.45, 2.75) is 13.1 Å². The highest BCUT2D eigenvalue weighted by Gasteiger charge is 2.17. The van der Waals surface area contributed by atoms with Crippen LogP contribution in [-0.4, -0.2) is 40.5 Å². The summed E-state index contributed by atoms with van der Waals surface area (Å²) in [5, 5.41) is 2.94. The van der Waals surface area contributed by atoms with Crippen molar-refractivity contribution in [1.82, 2.24) is 20.2 Å². The van der Waals surface area contributed by atoms with Gasteiger partial charge in [0, 0.05) is 25.2 Å². The minimum Gasteiger partial charge on any atom is -0.492 e. The number of rotatable bonds is 4. The number of aromatic amines is 2. The van der Waals surface area contributed by atoms with Crippen LogP contribution < -0.4 is 15.7 Å². The van der Waals surface area contributed by atoms with E-state index in [1.807, 2.05) is 42.5 Å². The number of aromatic nitrogens is 2. The summed E-state index contributed by atoms with van der Waals surface area (Å²) in [5.74, 6) is 0.858. The van der Waals surface area contributed by atoms with Gasteiger partial charge in [-0.15, -0.1) is 0 Å². The maximum atomic E-state index is 12.3. The maximum absolute atomic E-state index is 12.3. The van der Waals surface area contributed by atoms with E-state index < -0.39 is 0 Å². The SMILES string of the molecule is O=C(CN1CCOc2ccccc2C1)NCc1ccc2[nH]c(=O)[nH]c2c1. The lowest BCUT2D eigenvalue weighted by Crippen LogP contribution is -2.37. The number of carbonyl (C=O) groups is 1. The second-order valence-corrected chi connectivity index (χ2v) is 6.40. The topological polar surface area (TPSA) is 90.2 Å². The first-order valence-electron chi connectivity index (χ1n) is 8.58. The number of carbonyl (C=O) groups excluding carboxylic acids is 1. The fraction of sp³-hybridized carbons (Fsp3) is 0.263. The summed E-state index contributed by atoms with van der Waals surface area (Å²) in [6, 6.07) is 13.5. The highest BCUT2D eigenvalue weighted by Crippen LogP contribution is 2.22. The molecular formula is C19H20N4O3. The molecule has 3 aromatic rings. The minimum atomic E-state index is -0.232. The van der Waals surface area contributed by atoms with E-state index in [1.165, 1.54) is 0 Å². The van der Waals surface area contributed by atoms with E-state index in [1.54, 1.807) is 0 Å². The lowest BCUT2D eigenvalue weighted by molar-refractivity contribution is -0.122. The van der Waals surface area contributed by atoms with Crippen LogP contribution >= 0.6 is 0 Å². The van der Waals surface area contributed by atoms with Gasteiger partial charge in [-0.25, -0.2) is 4.79 Å². The van der Waals surface area contributed by atoms with Gasteiger partial charge in [0.2, 0.25) is 5.91 Å². The Morgan fingerprint density at radius 1 is 1.15 bits per heavy atom. The molecule has 1 aliphatic heterocycles. The third-order valence-corrected chi connectivity index (χ3v) is 4.47. The Morgan fingerprint density at radius 2 is 2.00 bits per heavy atom. The molecule has 0 saturated carbocycles. The first-order chi connectivity index (χ1) is 12.7. The van der Waals surface area contributed by atoms with Gasteiger partial charge in [-0.2, -0.15) is 0 Å². The number of fused-ring (bicyclic) bond motifs is 2. The fourth-order valence-corrected chi connectivity index (χ4v) is 3.16. The van der Waals surface area contributed by atoms with E-state index in [0.29, 0.717) is 32.8 Å². The van der Waals surface area contributed by atoms with Crippen LogP contribution in [-0.2, 0) is 17.9 Å². The van der Waals surface area contributed by atoms with Gasteiger partial charge in [0.25, 0.3) is 0 Å². The van der Waals surface area contributed by atoms with Crippen molar-refractivity contribution in [3.63, 3.8) is 0 Å². The molecule has 2 aromatic carbocycles. The summed E-state index contributed by atoms with van der Waals surface area (Å²) in [6.45, 7) is 2.71. The molecule has 0 spiro atoms. The zero-order chi connectivity index (χ0) is 17.9. The Morgan fingerprint density at radius 3 is 2.92 bits per heavy atom. The summed E-state index contributed by atoms with van der Waals surface area (Å²) >= 11 is 0. The van der Waals surface area contributed by atoms with Crippen LogP contribution in [0.25, 0.3) is 11.0 Å². The van der Waals surface area contributed by atoms with E-state index in [-0.39, 0.29) is 11.6 Å². The molecule has 0 saturated heterocycles. The molecule has 7 heteroatoms. The Kier molecular flexibility index (Phi) is 4.45. The Balaban J connectivity index is 1.35. The molecule has 0 fully saturated rings. The third-order valence-electron chi connectivity index (χ3n) is 4.47. The van der Waals surface area contributed by atoms with Gasteiger partial charge in [0.15, 0.2) is 0 Å². The molecule has 1 aliphatic rings. The number of ether oxygens (including phenoxy) is 1. The van der Waals surface area contributed by atoms with Crippen molar-refractivity contribution < 1.29 is 9.53 Å². The standard InChI is InChI=1S/C19H20N4O3/c24-18(12-23-7-8-26-17-4-2-1-3-14(17)11-23)20-10-13-5-6-15-16(9-13)22-19(25)21-15/h1-6,9H,7-8,10-12H2,(H,20,24)(H2,21,22,25). The Hall–Kier alpha value is -3.06. The number of H-pyrrole nitrogens is 2. The van der Waals surface area contributed by atoms with E-state index >= 15 is 0 Å². The summed E-state index contributed by atoms with van der Waals surface area (Å²) in [6.07, 6.45) is 0. The lowest BCUT2D eigenvalue weighted by Gasteiger charge is -2.18. The van der Waals surface area contributed by atoms with Crippen LogP contribution in [0.2, 0.25) is 0 Å². The molecule has 7 nitrogen and oxygen atoms in total. The van der Waals surface area contributed by atoms with Gasteiger partial charge in [0.1, 0.15) is 12.4 Å². The van der Waals surface area contributed by atoms with Crippen molar-refractivity contribution >= 4 is 16.9 Å². The van der Waals surface area contributed by atoms with Crippen molar-refractivity contribution in [3.8, 4) is 5.75 Å². The number of hydrogen-bond acceptors (Lipinski definition) is 4. The maximum Gasteiger partial charge on any atom is 0.323 e. The van der Waals surface area contributed by atoms with Gasteiger partial charge in [-0.05, 0) is 23.8 Å². The molecule has 0 unspecified atom stereocenters. The van der Waals surface area contributed by atoms with E-state index in [9.17, 15) is 9.59 Å². The zero-order valence-corrected chi connectivity index (χ0v) is 14.2. The summed E-state index contributed by atoms with van der Waals surface area (Å²) < 4.78 is 5.73. The van der Waals surface area contributed by atoms with Gasteiger partial charge in [-0.3, -0.25) is 9.69 Å². The van der Waals surface area contributed by atoms with Crippen LogP contribution in [0.3, 0.4) is 0 Å². The fourth-order valence-electron chi connectivity index (χ4n) is 3.16. The number of benzene rings is 2. The summed E-state index contributed by atoms with van der Waals surface area (Å²) in [5.41, 5.74) is 3.30. The molecule has 4 rings (SSSR count). The molecule has 1 amide bonds. The quantitative estimate of drug-likeness (QED) is 0.661. The van der Waals surface area contributed by atoms with Crippen molar-refractivity contribution in [1.29, 1.82) is 0 Å². The molecule has 0 aliphatic carbocycles. The highest BCUT2D eigenvalue weighted by molar-refractivity contribution is 5.78. The smallest absolute Gasteiger partial charge is 0.323 e. The predicted molar refractivity (Wildman–Crippen MR) is 98.0 cm³/mol. The first-order valence-corrected chi connectivity index (χ1v) is 8.58. The second kappa shape index (κ2) is 7.05. The molecule has 0 radical (unpaired) electrons. The Labute approximate surface area is 150 Å². The first kappa shape index (κ1) is 16.4. The van der Waals surface area contributed by atoms with E-state index in [4.69, 9.17) is 4.74 Å². The van der Waals surface area contributed by atoms with Crippen LogP contribution in [0.4, 0.5) is 0 Å². The molecular weight excluding hydrogens is 332 g/mol. The van der Waals surface area contributed by atoms with Gasteiger partial charge in [0.05, 0.1) is 17.6 Å². The molecule has 26 heavy (non-hydrogen) atoms. The van der Waals surface area contributed by atoms with Crippen molar-refractivity contribution in [2.24, 2.45) is 0 Å². The third kappa shape index (κ3) is 3.62. The van der Waals surface area contributed by atoms with Crippen LogP contribution in [0.5, 0.6) is 5.75 Å². The van der Waals surface area contributed by atoms with Crippen LogP contribution in [0.1, 0.15) is 11.1 Å².